The molecule has 2 rings (SSSR count). The molecule has 4 nitrogen and oxygen atoms in total. The van der Waals surface area contributed by atoms with E-state index in [2.05, 4.69) is 11.9 Å². The number of benzene rings is 1. The van der Waals surface area contributed by atoms with Crippen LogP contribution in [-0.4, -0.2) is 29.7 Å². The van der Waals surface area contributed by atoms with E-state index in [0.717, 1.165) is 29.6 Å². The van der Waals surface area contributed by atoms with Crippen molar-refractivity contribution in [3.63, 3.8) is 0 Å². The van der Waals surface area contributed by atoms with Crippen LogP contribution >= 0.6 is 0 Å². The van der Waals surface area contributed by atoms with Crippen LogP contribution < -0.4 is 4.90 Å². The lowest BCUT2D eigenvalue weighted by Gasteiger charge is -2.19. The number of carboxylic acid groups (broad SMARTS) is 1. The van der Waals surface area contributed by atoms with Crippen LogP contribution in [-0.2, 0) is 0 Å². The molecule has 4 heteroatoms. The minimum Gasteiger partial charge on any atom is -0.477 e. The van der Waals surface area contributed by atoms with Crippen molar-refractivity contribution in [2.45, 2.75) is 13.3 Å². The number of anilines is 1. The van der Waals surface area contributed by atoms with Gasteiger partial charge in [-0.2, -0.15) is 0 Å². The molecule has 1 aromatic heterocycles. The molecule has 0 radical (unpaired) electrons. The van der Waals surface area contributed by atoms with Crippen molar-refractivity contribution in [3.8, 4) is 0 Å². The highest BCUT2D eigenvalue weighted by Gasteiger charge is 2.13. The molecule has 0 saturated carbocycles. The van der Waals surface area contributed by atoms with Crippen LogP contribution in [0.5, 0.6) is 0 Å². The number of fused-ring (bicyclic) bond motifs is 1. The Hall–Kier alpha value is -2.10. The van der Waals surface area contributed by atoms with Crippen molar-refractivity contribution in [1.82, 2.24) is 4.98 Å². The van der Waals surface area contributed by atoms with Crippen LogP contribution in [0.3, 0.4) is 0 Å². The molecule has 0 unspecified atom stereocenters. The number of hydrogen-bond acceptors (Lipinski definition) is 3. The van der Waals surface area contributed by atoms with Crippen molar-refractivity contribution in [1.29, 1.82) is 0 Å². The minimum atomic E-state index is -0.994. The summed E-state index contributed by atoms with van der Waals surface area (Å²) < 4.78 is 0. The van der Waals surface area contributed by atoms with E-state index >= 15 is 0 Å². The average Bonchev–Trinajstić information content (AvgIpc) is 2.37. The summed E-state index contributed by atoms with van der Waals surface area (Å²) in [5, 5.41) is 11.0. The number of hydrogen-bond donors (Lipinski definition) is 1. The standard InChI is InChI=1S/C14H16N2O2/c1-3-8-16(2)13-11-7-5-4-6-10(11)9-12(15-13)14(17)18/h4-7,9H,3,8H2,1-2H3,(H,17,18). The number of carboxylic acids is 1. The zero-order valence-electron chi connectivity index (χ0n) is 10.6. The highest BCUT2D eigenvalue weighted by Crippen LogP contribution is 2.25. The van der Waals surface area contributed by atoms with Crippen molar-refractivity contribution >= 4 is 22.6 Å². The molecule has 1 aromatic carbocycles. The lowest BCUT2D eigenvalue weighted by Crippen LogP contribution is -2.20. The molecule has 0 amide bonds. The Bertz CT molecular complexity index is 581. The second-order valence-corrected chi connectivity index (χ2v) is 4.28. The Balaban J connectivity index is 2.64. The molecule has 2 aromatic rings. The summed E-state index contributed by atoms with van der Waals surface area (Å²) in [6.45, 7) is 2.93. The van der Waals surface area contributed by atoms with Gasteiger partial charge < -0.3 is 10.0 Å². The van der Waals surface area contributed by atoms with Gasteiger partial charge in [0.1, 0.15) is 5.82 Å². The molecule has 0 fully saturated rings. The summed E-state index contributed by atoms with van der Waals surface area (Å²) in [6, 6.07) is 9.33. The fourth-order valence-electron chi connectivity index (χ4n) is 2.02. The fourth-order valence-corrected chi connectivity index (χ4v) is 2.02. The average molecular weight is 244 g/mol. The van der Waals surface area contributed by atoms with Crippen LogP contribution in [0.25, 0.3) is 10.8 Å². The molecule has 1 N–H and O–H groups in total. The van der Waals surface area contributed by atoms with Crippen molar-refractivity contribution in [2.24, 2.45) is 0 Å². The van der Waals surface area contributed by atoms with Gasteiger partial charge in [0.2, 0.25) is 0 Å². The molecule has 0 spiro atoms. The molecule has 1 heterocycles. The Labute approximate surface area is 106 Å². The summed E-state index contributed by atoms with van der Waals surface area (Å²) in [7, 11) is 1.93. The van der Waals surface area contributed by atoms with E-state index in [-0.39, 0.29) is 5.69 Å². The van der Waals surface area contributed by atoms with E-state index in [0.29, 0.717) is 0 Å². The molecular formula is C14H16N2O2. The smallest absolute Gasteiger partial charge is 0.354 e. The molecular weight excluding hydrogens is 228 g/mol. The highest BCUT2D eigenvalue weighted by atomic mass is 16.4. The van der Waals surface area contributed by atoms with Crippen LogP contribution in [0.4, 0.5) is 5.82 Å². The van der Waals surface area contributed by atoms with Gasteiger partial charge in [-0.1, -0.05) is 31.2 Å². The maximum atomic E-state index is 11.1. The van der Waals surface area contributed by atoms with Crippen LogP contribution in [0.15, 0.2) is 30.3 Å². The molecule has 18 heavy (non-hydrogen) atoms. The van der Waals surface area contributed by atoms with Crippen LogP contribution in [0, 0.1) is 0 Å². The number of aromatic nitrogens is 1. The molecule has 0 aliphatic heterocycles. The summed E-state index contributed by atoms with van der Waals surface area (Å²) in [5.41, 5.74) is 0.0895. The lowest BCUT2D eigenvalue weighted by molar-refractivity contribution is 0.0691. The second kappa shape index (κ2) is 5.04. The normalized spacial score (nSPS) is 10.6. The third-order valence-corrected chi connectivity index (χ3v) is 2.86. The quantitative estimate of drug-likeness (QED) is 0.898. The largest absolute Gasteiger partial charge is 0.477 e. The zero-order chi connectivity index (χ0) is 13.1. The van der Waals surface area contributed by atoms with E-state index in [9.17, 15) is 4.79 Å². The van der Waals surface area contributed by atoms with Gasteiger partial charge in [0.25, 0.3) is 0 Å². The fraction of sp³-hybridized carbons (Fsp3) is 0.286. The number of pyridine rings is 1. The molecule has 0 saturated heterocycles. The lowest BCUT2D eigenvalue weighted by atomic mass is 10.1. The topological polar surface area (TPSA) is 53.4 Å². The molecule has 0 atom stereocenters. The first-order chi connectivity index (χ1) is 8.63. The van der Waals surface area contributed by atoms with Gasteiger partial charge in [0.15, 0.2) is 5.69 Å². The van der Waals surface area contributed by atoms with E-state index in [1.807, 2.05) is 36.2 Å². The second-order valence-electron chi connectivity index (χ2n) is 4.28. The number of nitrogens with zero attached hydrogens (tertiary/aromatic N) is 2. The van der Waals surface area contributed by atoms with Crippen LogP contribution in [0.2, 0.25) is 0 Å². The summed E-state index contributed by atoms with van der Waals surface area (Å²) in [4.78, 5) is 17.3. The Morgan fingerprint density at radius 1 is 1.39 bits per heavy atom. The molecule has 94 valence electrons. The van der Waals surface area contributed by atoms with Crippen molar-refractivity contribution < 1.29 is 9.90 Å². The van der Waals surface area contributed by atoms with Crippen LogP contribution in [0.1, 0.15) is 23.8 Å². The summed E-state index contributed by atoms with van der Waals surface area (Å²) >= 11 is 0. The molecule has 0 bridgehead atoms. The van der Waals surface area contributed by atoms with E-state index in [1.54, 1.807) is 6.07 Å². The molecule has 0 aliphatic carbocycles. The van der Waals surface area contributed by atoms with Gasteiger partial charge in [0.05, 0.1) is 0 Å². The number of rotatable bonds is 4. The van der Waals surface area contributed by atoms with E-state index < -0.39 is 5.97 Å². The maximum Gasteiger partial charge on any atom is 0.354 e. The Kier molecular flexibility index (Phi) is 3.46. The van der Waals surface area contributed by atoms with Gasteiger partial charge >= 0.3 is 5.97 Å². The monoisotopic (exact) mass is 244 g/mol. The molecule has 0 aliphatic rings. The SMILES string of the molecule is CCCN(C)c1nc(C(=O)O)cc2ccccc12. The third-order valence-electron chi connectivity index (χ3n) is 2.86. The predicted octanol–water partition coefficient (Wildman–Crippen LogP) is 2.78. The van der Waals surface area contributed by atoms with Gasteiger partial charge in [0, 0.05) is 19.0 Å². The zero-order valence-corrected chi connectivity index (χ0v) is 10.6. The number of carbonyl (C=O) groups is 1. The van der Waals surface area contributed by atoms with Gasteiger partial charge in [-0.05, 0) is 17.9 Å². The van der Waals surface area contributed by atoms with E-state index in [4.69, 9.17) is 5.11 Å². The highest BCUT2D eigenvalue weighted by molar-refractivity contribution is 5.97. The minimum absolute atomic E-state index is 0.0895. The maximum absolute atomic E-state index is 11.1. The first-order valence-electron chi connectivity index (χ1n) is 5.97. The summed E-state index contributed by atoms with van der Waals surface area (Å²) in [6.07, 6.45) is 0.990. The van der Waals surface area contributed by atoms with Gasteiger partial charge in [-0.25, -0.2) is 9.78 Å². The summed E-state index contributed by atoms with van der Waals surface area (Å²) in [5.74, 6) is -0.265. The van der Waals surface area contributed by atoms with Crippen molar-refractivity contribution in [2.75, 3.05) is 18.5 Å². The first-order valence-corrected chi connectivity index (χ1v) is 5.97. The van der Waals surface area contributed by atoms with Crippen molar-refractivity contribution in [3.05, 3.63) is 36.0 Å². The Morgan fingerprint density at radius 3 is 2.78 bits per heavy atom. The van der Waals surface area contributed by atoms with E-state index in [1.165, 1.54) is 0 Å². The third kappa shape index (κ3) is 2.27. The van der Waals surface area contributed by atoms with Gasteiger partial charge in [-0.3, -0.25) is 0 Å². The van der Waals surface area contributed by atoms with Gasteiger partial charge in [-0.15, -0.1) is 0 Å². The predicted molar refractivity (Wildman–Crippen MR) is 72.3 cm³/mol. The number of aromatic carboxylic acids is 1. The first kappa shape index (κ1) is 12.4. The Morgan fingerprint density at radius 2 is 2.11 bits per heavy atom.